The van der Waals surface area contributed by atoms with Crippen molar-refractivity contribution in [3.63, 3.8) is 0 Å². The van der Waals surface area contributed by atoms with Crippen LogP contribution in [0.15, 0.2) is 51.8 Å². The Morgan fingerprint density at radius 2 is 1.80 bits per heavy atom. The highest BCUT2D eigenvalue weighted by molar-refractivity contribution is 6.36. The monoisotopic (exact) mass is 631 g/mol. The average Bonchev–Trinajstić information content (AvgIpc) is 3.37. The Labute approximate surface area is 266 Å². The first-order valence-corrected chi connectivity index (χ1v) is 15.6. The summed E-state index contributed by atoms with van der Waals surface area (Å²) in [7, 11) is 1.32. The van der Waals surface area contributed by atoms with Crippen molar-refractivity contribution >= 4 is 46.1 Å². The lowest BCUT2D eigenvalue weighted by Gasteiger charge is -2.62. The third kappa shape index (κ3) is 6.33. The summed E-state index contributed by atoms with van der Waals surface area (Å²) in [5.74, 6) is -1.91. The largest absolute Gasteiger partial charge is 0.451 e. The maximum absolute atomic E-state index is 13.5. The molecule has 5 atom stereocenters. The number of fused-ring (bicyclic) bond motifs is 3. The van der Waals surface area contributed by atoms with Gasteiger partial charge in [0.1, 0.15) is 23.9 Å². The van der Waals surface area contributed by atoms with E-state index < -0.39 is 35.1 Å². The molecule has 3 aromatic rings. The second-order valence-corrected chi connectivity index (χ2v) is 13.1. The summed E-state index contributed by atoms with van der Waals surface area (Å²) in [6, 6.07) is 8.76. The Hall–Kier alpha value is -4.74. The fourth-order valence-corrected chi connectivity index (χ4v) is 7.14. The maximum atomic E-state index is 13.5. The number of aryl methyl sites for hydroxylation is 1. The molecule has 4 amide bonds. The molecule has 4 N–H and O–H groups in total. The summed E-state index contributed by atoms with van der Waals surface area (Å²) >= 11 is 0. The molecule has 6 rings (SSSR count). The van der Waals surface area contributed by atoms with E-state index in [1.54, 1.807) is 25.1 Å². The SMILES string of the molecule is CNC(=O)C(=O)CCC(NC(=O)c1oc2ccccc2c1C)C(=O)Nc1cccn(CC(=O)N[C@@H]2C[C@@H]3C[C@H]([C@H]2C)C3(C)C)c1=O. The fraction of sp³-hybridized carbons (Fsp3) is 0.471. The van der Waals surface area contributed by atoms with Gasteiger partial charge in [-0.25, -0.2) is 0 Å². The number of nitrogens with zero attached hydrogens (tertiary/aromatic N) is 1. The van der Waals surface area contributed by atoms with Gasteiger partial charge >= 0.3 is 0 Å². The zero-order valence-electron chi connectivity index (χ0n) is 26.8. The number of likely N-dealkylation sites (N-methyl/N-ethyl adjacent to an activating group) is 1. The topological polar surface area (TPSA) is 169 Å². The number of amides is 4. The first kappa shape index (κ1) is 32.6. The Balaban J connectivity index is 1.28. The van der Waals surface area contributed by atoms with Crippen molar-refractivity contribution in [2.45, 2.75) is 72.0 Å². The number of aromatic nitrogens is 1. The second kappa shape index (κ2) is 12.9. The summed E-state index contributed by atoms with van der Waals surface area (Å²) in [4.78, 5) is 77.1. The molecule has 46 heavy (non-hydrogen) atoms. The standard InChI is InChI=1S/C34H41N5O7/c1-18-21-9-6-7-11-27(21)46-29(18)32(44)37-23(12-13-26(40)31(43)35-5)30(42)38-24-10-8-14-39(33(24)45)17-28(41)36-25-16-20-15-22(19(25)2)34(20,3)4/h6-11,14,19-20,22-23,25H,12-13,15-17H2,1-5H3,(H,35,43)(H,36,41)(H,37,44)(H,38,42)/t19-,20+,22-,23?,25-/m1/s1. The number of para-hydroxylation sites is 1. The molecule has 244 valence electrons. The van der Waals surface area contributed by atoms with Gasteiger partial charge in [-0.3, -0.25) is 28.8 Å². The zero-order valence-corrected chi connectivity index (χ0v) is 26.8. The molecule has 0 radical (unpaired) electrons. The lowest BCUT2D eigenvalue weighted by Crippen LogP contribution is -2.60. The van der Waals surface area contributed by atoms with Crippen LogP contribution in [0.25, 0.3) is 11.0 Å². The minimum Gasteiger partial charge on any atom is -0.451 e. The summed E-state index contributed by atoms with van der Waals surface area (Å²) < 4.78 is 6.94. The molecule has 3 aliphatic rings. The number of rotatable bonds is 11. The van der Waals surface area contributed by atoms with Crippen molar-refractivity contribution in [3.05, 3.63) is 64.3 Å². The Bertz CT molecular complexity index is 1760. The lowest BCUT2D eigenvalue weighted by atomic mass is 9.45. The van der Waals surface area contributed by atoms with Crippen molar-refractivity contribution in [3.8, 4) is 0 Å². The third-order valence-corrected chi connectivity index (χ3v) is 10.1. The van der Waals surface area contributed by atoms with Crippen LogP contribution in [0, 0.1) is 30.1 Å². The van der Waals surface area contributed by atoms with E-state index in [-0.39, 0.29) is 48.2 Å². The van der Waals surface area contributed by atoms with E-state index in [0.29, 0.717) is 28.9 Å². The summed E-state index contributed by atoms with van der Waals surface area (Å²) in [6.07, 6.45) is 3.00. The summed E-state index contributed by atoms with van der Waals surface area (Å²) in [5, 5.41) is 11.2. The molecule has 0 spiro atoms. The molecule has 2 aromatic heterocycles. The smallest absolute Gasteiger partial charge is 0.287 e. The number of ketones is 1. The van der Waals surface area contributed by atoms with Crippen molar-refractivity contribution in [2.75, 3.05) is 12.4 Å². The number of carbonyl (C=O) groups excluding carboxylic acids is 5. The number of Topliss-reactive ketones (excluding diaryl/α,β-unsaturated/α-hetero) is 1. The lowest BCUT2D eigenvalue weighted by molar-refractivity contribution is -0.137. The highest BCUT2D eigenvalue weighted by atomic mass is 16.3. The van der Waals surface area contributed by atoms with E-state index >= 15 is 0 Å². The predicted octanol–water partition coefficient (Wildman–Crippen LogP) is 2.92. The number of benzene rings is 1. The average molecular weight is 632 g/mol. The number of hydrogen-bond acceptors (Lipinski definition) is 7. The van der Waals surface area contributed by atoms with E-state index in [1.165, 1.54) is 36.4 Å². The predicted molar refractivity (Wildman–Crippen MR) is 171 cm³/mol. The van der Waals surface area contributed by atoms with Gasteiger partial charge in [0.25, 0.3) is 17.4 Å². The summed E-state index contributed by atoms with van der Waals surface area (Å²) in [6.45, 7) is 8.23. The van der Waals surface area contributed by atoms with Gasteiger partial charge in [-0.15, -0.1) is 0 Å². The molecular formula is C34H41N5O7. The molecule has 3 fully saturated rings. The van der Waals surface area contributed by atoms with Gasteiger partial charge in [-0.1, -0.05) is 39.0 Å². The van der Waals surface area contributed by atoms with E-state index in [2.05, 4.69) is 42.0 Å². The Morgan fingerprint density at radius 1 is 1.07 bits per heavy atom. The molecule has 12 heteroatoms. The van der Waals surface area contributed by atoms with Crippen molar-refractivity contribution in [1.29, 1.82) is 0 Å². The Kier molecular flexibility index (Phi) is 9.18. The van der Waals surface area contributed by atoms with Crippen LogP contribution in [-0.4, -0.2) is 53.1 Å². The highest BCUT2D eigenvalue weighted by Gasteiger charge is 2.56. The third-order valence-electron chi connectivity index (χ3n) is 10.1. The number of nitrogens with one attached hydrogen (secondary N) is 4. The van der Waals surface area contributed by atoms with Gasteiger partial charge in [-0.2, -0.15) is 0 Å². The van der Waals surface area contributed by atoms with E-state index in [9.17, 15) is 28.8 Å². The molecule has 3 saturated carbocycles. The number of anilines is 1. The number of furan rings is 1. The van der Waals surface area contributed by atoms with Crippen LogP contribution in [-0.2, 0) is 25.7 Å². The minimum absolute atomic E-state index is 0.00198. The zero-order chi connectivity index (χ0) is 33.3. The Morgan fingerprint density at radius 3 is 2.48 bits per heavy atom. The van der Waals surface area contributed by atoms with Gasteiger partial charge in [0.05, 0.1) is 0 Å². The van der Waals surface area contributed by atoms with Gasteiger partial charge in [0, 0.05) is 36.7 Å². The molecule has 0 aliphatic heterocycles. The van der Waals surface area contributed by atoms with E-state index in [1.807, 2.05) is 6.07 Å². The molecular weight excluding hydrogens is 590 g/mol. The molecule has 0 saturated heterocycles. The fourth-order valence-electron chi connectivity index (χ4n) is 7.14. The van der Waals surface area contributed by atoms with Crippen LogP contribution in [0.2, 0.25) is 0 Å². The molecule has 1 unspecified atom stereocenters. The van der Waals surface area contributed by atoms with Crippen LogP contribution in [0.1, 0.15) is 62.6 Å². The van der Waals surface area contributed by atoms with Gasteiger partial charge in [0.2, 0.25) is 17.6 Å². The van der Waals surface area contributed by atoms with Crippen LogP contribution in [0.5, 0.6) is 0 Å². The van der Waals surface area contributed by atoms with Gasteiger partial charge < -0.3 is 30.3 Å². The molecule has 3 aliphatic carbocycles. The molecule has 2 bridgehead atoms. The van der Waals surface area contributed by atoms with Crippen molar-refractivity contribution in [2.24, 2.45) is 23.2 Å². The van der Waals surface area contributed by atoms with Crippen molar-refractivity contribution in [1.82, 2.24) is 20.5 Å². The van der Waals surface area contributed by atoms with Gasteiger partial charge in [-0.05, 0) is 67.6 Å². The number of hydrogen-bond donors (Lipinski definition) is 4. The highest BCUT2D eigenvalue weighted by Crippen LogP contribution is 2.61. The maximum Gasteiger partial charge on any atom is 0.287 e. The van der Waals surface area contributed by atoms with E-state index in [4.69, 9.17) is 4.42 Å². The van der Waals surface area contributed by atoms with Crippen LogP contribution < -0.4 is 26.8 Å². The molecule has 2 heterocycles. The molecule has 12 nitrogen and oxygen atoms in total. The van der Waals surface area contributed by atoms with Crippen LogP contribution in [0.4, 0.5) is 5.69 Å². The number of pyridine rings is 1. The minimum atomic E-state index is -1.30. The second-order valence-electron chi connectivity index (χ2n) is 13.1. The summed E-state index contributed by atoms with van der Waals surface area (Å²) in [5.41, 5.74) is 0.634. The van der Waals surface area contributed by atoms with Crippen LogP contribution >= 0.6 is 0 Å². The van der Waals surface area contributed by atoms with Gasteiger partial charge in [0.15, 0.2) is 5.76 Å². The van der Waals surface area contributed by atoms with E-state index in [0.717, 1.165) is 11.8 Å². The van der Waals surface area contributed by atoms with Crippen LogP contribution in [0.3, 0.4) is 0 Å². The first-order chi connectivity index (χ1) is 21.8. The first-order valence-electron chi connectivity index (χ1n) is 15.6. The quantitative estimate of drug-likeness (QED) is 0.236. The molecule has 1 aromatic carbocycles. The van der Waals surface area contributed by atoms with Crippen molar-refractivity contribution < 1.29 is 28.4 Å². The normalized spacial score (nSPS) is 21.8. The number of carbonyl (C=O) groups is 5.